The summed E-state index contributed by atoms with van der Waals surface area (Å²) >= 11 is 0. The summed E-state index contributed by atoms with van der Waals surface area (Å²) < 4.78 is 0. The molecule has 1 aliphatic carbocycles. The maximum absolute atomic E-state index is 5.48. The van der Waals surface area contributed by atoms with Crippen molar-refractivity contribution in [2.24, 2.45) is 0 Å². The predicted molar refractivity (Wildman–Crippen MR) is 278 cm³/mol. The van der Waals surface area contributed by atoms with Crippen LogP contribution in [0.4, 0.5) is 0 Å². The highest BCUT2D eigenvalue weighted by atomic mass is 15.0. The topological polar surface area (TPSA) is 51.6 Å². The molecule has 12 aromatic rings. The van der Waals surface area contributed by atoms with Crippen LogP contribution in [-0.4, -0.2) is 19.9 Å². The van der Waals surface area contributed by atoms with Crippen molar-refractivity contribution < 1.29 is 0 Å². The third-order valence-electron chi connectivity index (χ3n) is 13.9. The van der Waals surface area contributed by atoms with Crippen molar-refractivity contribution in [3.8, 4) is 78.7 Å². The van der Waals surface area contributed by atoms with Crippen LogP contribution in [0.5, 0.6) is 0 Å². The molecule has 0 radical (unpaired) electrons. The molecule has 0 saturated carbocycles. The van der Waals surface area contributed by atoms with E-state index < -0.39 is 0 Å². The molecule has 314 valence electrons. The highest BCUT2D eigenvalue weighted by Gasteiger charge is 2.35. The zero-order valence-corrected chi connectivity index (χ0v) is 37.1. The van der Waals surface area contributed by atoms with Gasteiger partial charge in [-0.25, -0.2) is 15.0 Å². The molecular weight excluding hydrogens is 813 g/mol. The smallest absolute Gasteiger partial charge is 0.164 e. The van der Waals surface area contributed by atoms with Crippen molar-refractivity contribution in [1.82, 2.24) is 19.9 Å². The first-order valence-corrected chi connectivity index (χ1v) is 22.9. The third-order valence-corrected chi connectivity index (χ3v) is 13.9. The Morgan fingerprint density at radius 2 is 0.761 bits per heavy atom. The number of hydrogen-bond acceptors (Lipinski definition) is 4. The number of aromatic nitrogens is 4. The standard InChI is InChI=1S/C63H42N4/c1-63(2)56-24-12-11-23-54(56)55-30-29-45(37-57(55)63)61-65-60(40-27-25-39(26-28-40)46-18-13-31-64-38-46)66-62(67-61)49-35-47(58-50-19-7-3-14-41(50)32-42-15-4-8-20-51(42)58)34-48(36-49)59-52-21-9-5-16-43(52)33-44-17-6-10-22-53(44)59/h3-38H,1-2H3. The Bertz CT molecular complexity index is 3700. The van der Waals surface area contributed by atoms with Crippen molar-refractivity contribution in [3.63, 3.8) is 0 Å². The lowest BCUT2D eigenvalue weighted by atomic mass is 9.82. The normalized spacial score (nSPS) is 12.7. The number of rotatable bonds is 6. The molecule has 2 aromatic heterocycles. The third kappa shape index (κ3) is 6.44. The summed E-state index contributed by atoms with van der Waals surface area (Å²) in [7, 11) is 0. The largest absolute Gasteiger partial charge is 0.264 e. The lowest BCUT2D eigenvalue weighted by molar-refractivity contribution is 0.660. The van der Waals surface area contributed by atoms with Crippen LogP contribution in [0, 0.1) is 0 Å². The summed E-state index contributed by atoms with van der Waals surface area (Å²) in [6, 6.07) is 74.5. The summed E-state index contributed by atoms with van der Waals surface area (Å²) in [5.74, 6) is 1.85. The first kappa shape index (κ1) is 38.8. The molecule has 2 heterocycles. The average Bonchev–Trinajstić information content (AvgIpc) is 3.62. The molecule has 0 spiro atoms. The van der Waals surface area contributed by atoms with E-state index >= 15 is 0 Å². The Morgan fingerprint density at radius 3 is 1.31 bits per heavy atom. The van der Waals surface area contributed by atoms with Gasteiger partial charge in [-0.15, -0.1) is 0 Å². The van der Waals surface area contributed by atoms with Gasteiger partial charge in [0.25, 0.3) is 0 Å². The number of hydrogen-bond donors (Lipinski definition) is 0. The van der Waals surface area contributed by atoms with E-state index in [1.165, 1.54) is 76.5 Å². The van der Waals surface area contributed by atoms with Crippen molar-refractivity contribution in [1.29, 1.82) is 0 Å². The van der Waals surface area contributed by atoms with Crippen LogP contribution in [0.3, 0.4) is 0 Å². The first-order chi connectivity index (χ1) is 32.9. The Kier molecular flexibility index (Phi) is 8.84. The second-order valence-corrected chi connectivity index (χ2v) is 18.2. The maximum atomic E-state index is 5.48. The minimum Gasteiger partial charge on any atom is -0.264 e. The molecule has 0 aliphatic heterocycles. The van der Waals surface area contributed by atoms with E-state index in [9.17, 15) is 0 Å². The molecule has 0 bridgehead atoms. The van der Waals surface area contributed by atoms with Crippen molar-refractivity contribution >= 4 is 43.1 Å². The summed E-state index contributed by atoms with van der Waals surface area (Å²) in [5.41, 5.74) is 14.4. The molecule has 0 amide bonds. The minimum atomic E-state index is -0.186. The van der Waals surface area contributed by atoms with Crippen LogP contribution in [0.25, 0.3) is 122 Å². The number of pyridine rings is 1. The summed E-state index contributed by atoms with van der Waals surface area (Å²) in [6.07, 6.45) is 3.70. The fourth-order valence-electron chi connectivity index (χ4n) is 10.6. The minimum absolute atomic E-state index is 0.186. The molecule has 0 unspecified atom stereocenters. The molecule has 0 saturated heterocycles. The fraction of sp³-hybridized carbons (Fsp3) is 0.0476. The monoisotopic (exact) mass is 854 g/mol. The summed E-state index contributed by atoms with van der Waals surface area (Å²) in [4.78, 5) is 20.6. The van der Waals surface area contributed by atoms with Crippen LogP contribution < -0.4 is 0 Å². The molecule has 0 N–H and O–H groups in total. The SMILES string of the molecule is CC1(C)c2ccccc2-c2ccc(-c3nc(-c4ccc(-c5cccnc5)cc4)nc(-c4cc(-c5c6ccccc6cc6ccccc56)cc(-c5c6ccccc6cc6ccccc56)c4)n3)cc21. The average molecular weight is 855 g/mol. The zero-order valence-electron chi connectivity index (χ0n) is 37.1. The first-order valence-electron chi connectivity index (χ1n) is 22.9. The number of nitrogens with zero attached hydrogens (tertiary/aromatic N) is 4. The van der Waals surface area contributed by atoms with E-state index in [0.29, 0.717) is 17.5 Å². The van der Waals surface area contributed by atoms with E-state index in [-0.39, 0.29) is 5.41 Å². The van der Waals surface area contributed by atoms with E-state index in [1.54, 1.807) is 6.20 Å². The molecule has 13 rings (SSSR count). The van der Waals surface area contributed by atoms with Gasteiger partial charge < -0.3 is 0 Å². The summed E-state index contributed by atoms with van der Waals surface area (Å²) in [5, 5.41) is 9.55. The van der Waals surface area contributed by atoms with Crippen LogP contribution >= 0.6 is 0 Å². The molecule has 1 aliphatic rings. The van der Waals surface area contributed by atoms with Gasteiger partial charge >= 0.3 is 0 Å². The van der Waals surface area contributed by atoms with E-state index in [1.807, 2.05) is 12.3 Å². The summed E-state index contributed by atoms with van der Waals surface area (Å²) in [6.45, 7) is 4.63. The lowest BCUT2D eigenvalue weighted by Gasteiger charge is -2.22. The Morgan fingerprint density at radius 1 is 0.313 bits per heavy atom. The van der Waals surface area contributed by atoms with E-state index in [4.69, 9.17) is 15.0 Å². The Hall–Kier alpha value is -8.60. The number of benzene rings is 10. The van der Waals surface area contributed by atoms with Gasteiger partial charge in [-0.3, -0.25) is 4.98 Å². The van der Waals surface area contributed by atoms with E-state index in [2.05, 4.69) is 219 Å². The Balaban J connectivity index is 1.09. The molecule has 67 heavy (non-hydrogen) atoms. The van der Waals surface area contributed by atoms with Gasteiger partial charge in [0.15, 0.2) is 17.5 Å². The lowest BCUT2D eigenvalue weighted by Crippen LogP contribution is -2.15. The van der Waals surface area contributed by atoms with Crippen LogP contribution in [0.2, 0.25) is 0 Å². The Labute approximate surface area is 389 Å². The molecule has 4 nitrogen and oxygen atoms in total. The second-order valence-electron chi connectivity index (χ2n) is 18.2. The van der Waals surface area contributed by atoms with Gasteiger partial charge in [-0.2, -0.15) is 0 Å². The quantitative estimate of drug-likeness (QED) is 0.156. The van der Waals surface area contributed by atoms with Gasteiger partial charge in [-0.1, -0.05) is 178 Å². The van der Waals surface area contributed by atoms with Crippen LogP contribution in [0.15, 0.2) is 219 Å². The molecule has 0 fully saturated rings. The highest BCUT2D eigenvalue weighted by Crippen LogP contribution is 2.50. The van der Waals surface area contributed by atoms with Crippen molar-refractivity contribution in [2.75, 3.05) is 0 Å². The molecule has 4 heteroatoms. The predicted octanol–water partition coefficient (Wildman–Crippen LogP) is 16.2. The molecule has 10 aromatic carbocycles. The van der Waals surface area contributed by atoms with Gasteiger partial charge in [-0.05, 0) is 141 Å². The van der Waals surface area contributed by atoms with Gasteiger partial charge in [0, 0.05) is 34.5 Å². The maximum Gasteiger partial charge on any atom is 0.164 e. The van der Waals surface area contributed by atoms with Crippen LogP contribution in [-0.2, 0) is 5.41 Å². The van der Waals surface area contributed by atoms with Gasteiger partial charge in [0.1, 0.15) is 0 Å². The van der Waals surface area contributed by atoms with Gasteiger partial charge in [0.05, 0.1) is 0 Å². The highest BCUT2D eigenvalue weighted by molar-refractivity contribution is 6.16. The second kappa shape index (κ2) is 15.3. The van der Waals surface area contributed by atoms with Crippen molar-refractivity contribution in [3.05, 3.63) is 230 Å². The van der Waals surface area contributed by atoms with E-state index in [0.717, 1.165) is 38.9 Å². The zero-order chi connectivity index (χ0) is 44.6. The number of fused-ring (bicyclic) bond motifs is 7. The fourth-order valence-corrected chi connectivity index (χ4v) is 10.6. The molecule has 0 atom stereocenters. The van der Waals surface area contributed by atoms with Crippen molar-refractivity contribution in [2.45, 2.75) is 19.3 Å². The van der Waals surface area contributed by atoms with Crippen LogP contribution in [0.1, 0.15) is 25.0 Å². The molecular formula is C63H42N4. The van der Waals surface area contributed by atoms with Gasteiger partial charge in [0.2, 0.25) is 0 Å².